The summed E-state index contributed by atoms with van der Waals surface area (Å²) in [5.41, 5.74) is 2.72. The zero-order chi connectivity index (χ0) is 16.2. The number of aryl methyl sites for hydroxylation is 1. The van der Waals surface area contributed by atoms with E-state index >= 15 is 0 Å². The molecule has 7 heteroatoms. The molecule has 1 aromatic heterocycles. The molecular formula is C16H13BrClN5. The maximum absolute atomic E-state index is 6.12. The summed E-state index contributed by atoms with van der Waals surface area (Å²) in [5.74, 6) is 0.981. The van der Waals surface area contributed by atoms with E-state index in [0.29, 0.717) is 16.8 Å². The summed E-state index contributed by atoms with van der Waals surface area (Å²) < 4.78 is 0.943. The number of nitrogens with one attached hydrogen (secondary N) is 2. The van der Waals surface area contributed by atoms with Gasteiger partial charge >= 0.3 is 0 Å². The molecule has 3 rings (SSSR count). The Labute approximate surface area is 147 Å². The number of nitrogens with zero attached hydrogens (tertiary/aromatic N) is 3. The van der Waals surface area contributed by atoms with Crippen LogP contribution in [-0.2, 0) is 0 Å². The molecule has 0 fully saturated rings. The van der Waals surface area contributed by atoms with Crippen molar-refractivity contribution in [2.24, 2.45) is 0 Å². The Balaban J connectivity index is 1.79. The fourth-order valence-electron chi connectivity index (χ4n) is 1.92. The van der Waals surface area contributed by atoms with Gasteiger partial charge in [-0.15, -0.1) is 5.10 Å². The van der Waals surface area contributed by atoms with Gasteiger partial charge in [0.05, 0.1) is 11.9 Å². The van der Waals surface area contributed by atoms with Gasteiger partial charge in [-0.25, -0.2) is 0 Å². The Bertz CT molecular complexity index is 840. The summed E-state index contributed by atoms with van der Waals surface area (Å²) >= 11 is 9.61. The zero-order valence-corrected chi connectivity index (χ0v) is 14.6. The molecule has 2 aromatic carbocycles. The van der Waals surface area contributed by atoms with E-state index in [1.807, 2.05) is 49.4 Å². The molecule has 116 valence electrons. The smallest absolute Gasteiger partial charge is 0.249 e. The van der Waals surface area contributed by atoms with Gasteiger partial charge in [-0.3, -0.25) is 0 Å². The molecule has 0 atom stereocenters. The number of anilines is 4. The highest BCUT2D eigenvalue weighted by Gasteiger charge is 2.05. The first-order chi connectivity index (χ1) is 11.1. The predicted molar refractivity (Wildman–Crippen MR) is 96.7 cm³/mol. The molecule has 2 N–H and O–H groups in total. The molecule has 0 unspecified atom stereocenters. The van der Waals surface area contributed by atoms with Crippen LogP contribution in [0.15, 0.2) is 53.1 Å². The largest absolute Gasteiger partial charge is 0.338 e. The Hall–Kier alpha value is -2.18. The van der Waals surface area contributed by atoms with Crippen molar-refractivity contribution in [1.29, 1.82) is 0 Å². The minimum absolute atomic E-state index is 0.391. The van der Waals surface area contributed by atoms with Crippen molar-refractivity contribution in [3.63, 3.8) is 0 Å². The van der Waals surface area contributed by atoms with Crippen LogP contribution in [0.5, 0.6) is 0 Å². The van der Waals surface area contributed by atoms with Gasteiger partial charge in [-0.2, -0.15) is 10.1 Å². The van der Waals surface area contributed by atoms with Gasteiger partial charge in [0.25, 0.3) is 0 Å². The van der Waals surface area contributed by atoms with Crippen LogP contribution >= 0.6 is 27.5 Å². The number of para-hydroxylation sites is 1. The first-order valence-electron chi connectivity index (χ1n) is 6.86. The third-order valence-electron chi connectivity index (χ3n) is 3.12. The van der Waals surface area contributed by atoms with Crippen LogP contribution in [0.2, 0.25) is 5.02 Å². The molecule has 23 heavy (non-hydrogen) atoms. The Morgan fingerprint density at radius 3 is 2.70 bits per heavy atom. The van der Waals surface area contributed by atoms with Crippen LogP contribution in [-0.4, -0.2) is 15.2 Å². The summed E-state index contributed by atoms with van der Waals surface area (Å²) in [6.07, 6.45) is 1.56. The summed E-state index contributed by atoms with van der Waals surface area (Å²) in [6.45, 7) is 1.95. The minimum atomic E-state index is 0.391. The van der Waals surface area contributed by atoms with Gasteiger partial charge in [0.2, 0.25) is 5.95 Å². The van der Waals surface area contributed by atoms with Crippen LogP contribution < -0.4 is 10.6 Å². The van der Waals surface area contributed by atoms with Crippen molar-refractivity contribution in [3.05, 3.63) is 63.7 Å². The molecule has 0 aliphatic carbocycles. The Morgan fingerprint density at radius 1 is 1.09 bits per heavy atom. The lowest BCUT2D eigenvalue weighted by Crippen LogP contribution is -2.02. The third-order valence-corrected chi connectivity index (χ3v) is 4.22. The van der Waals surface area contributed by atoms with Gasteiger partial charge in [0.15, 0.2) is 5.82 Å². The molecule has 1 heterocycles. The Morgan fingerprint density at radius 2 is 1.91 bits per heavy atom. The van der Waals surface area contributed by atoms with Gasteiger partial charge < -0.3 is 10.6 Å². The topological polar surface area (TPSA) is 62.7 Å². The molecule has 0 spiro atoms. The second-order valence-electron chi connectivity index (χ2n) is 4.86. The second kappa shape index (κ2) is 6.93. The van der Waals surface area contributed by atoms with Crippen molar-refractivity contribution in [3.8, 4) is 0 Å². The summed E-state index contributed by atoms with van der Waals surface area (Å²) in [7, 11) is 0. The highest BCUT2D eigenvalue weighted by molar-refractivity contribution is 9.10. The molecule has 0 aliphatic rings. The SMILES string of the molecule is Cc1ccc(Nc2nncc(Nc3ccccc3Br)n2)cc1Cl. The first-order valence-corrected chi connectivity index (χ1v) is 8.03. The number of aromatic nitrogens is 3. The minimum Gasteiger partial charge on any atom is -0.338 e. The standard InChI is InChI=1S/C16H13BrClN5/c1-10-6-7-11(8-13(10)18)20-16-22-15(9-19-23-16)21-14-5-3-2-4-12(14)17/h2-9H,1H3,(H2,20,21,22,23). The monoisotopic (exact) mass is 389 g/mol. The molecule has 3 aromatic rings. The van der Waals surface area contributed by atoms with Crippen molar-refractivity contribution in [2.75, 3.05) is 10.6 Å². The van der Waals surface area contributed by atoms with E-state index in [-0.39, 0.29) is 0 Å². The normalized spacial score (nSPS) is 10.4. The van der Waals surface area contributed by atoms with Gasteiger partial charge in [0.1, 0.15) is 0 Å². The molecule has 0 radical (unpaired) electrons. The van der Waals surface area contributed by atoms with Gasteiger partial charge in [-0.05, 0) is 52.7 Å². The molecule has 0 aliphatic heterocycles. The summed E-state index contributed by atoms with van der Waals surface area (Å²) in [4.78, 5) is 4.40. The highest BCUT2D eigenvalue weighted by Crippen LogP contribution is 2.25. The summed E-state index contributed by atoms with van der Waals surface area (Å²) in [5, 5.41) is 14.9. The lowest BCUT2D eigenvalue weighted by Gasteiger charge is -2.09. The van der Waals surface area contributed by atoms with E-state index in [9.17, 15) is 0 Å². The number of rotatable bonds is 4. The molecular weight excluding hydrogens is 378 g/mol. The van der Waals surface area contributed by atoms with Crippen LogP contribution in [0.1, 0.15) is 5.56 Å². The lowest BCUT2D eigenvalue weighted by molar-refractivity contribution is 0.982. The van der Waals surface area contributed by atoms with Crippen molar-refractivity contribution >= 4 is 50.7 Å². The van der Waals surface area contributed by atoms with E-state index in [0.717, 1.165) is 21.4 Å². The molecule has 5 nitrogen and oxygen atoms in total. The predicted octanol–water partition coefficient (Wildman–Crippen LogP) is 5.08. The second-order valence-corrected chi connectivity index (χ2v) is 6.12. The van der Waals surface area contributed by atoms with Crippen molar-refractivity contribution < 1.29 is 0 Å². The zero-order valence-electron chi connectivity index (χ0n) is 12.2. The van der Waals surface area contributed by atoms with Crippen molar-refractivity contribution in [2.45, 2.75) is 6.92 Å². The van der Waals surface area contributed by atoms with E-state index in [1.165, 1.54) is 0 Å². The van der Waals surface area contributed by atoms with Crippen LogP contribution in [0, 0.1) is 6.92 Å². The van der Waals surface area contributed by atoms with Crippen molar-refractivity contribution in [1.82, 2.24) is 15.2 Å². The molecule has 0 saturated heterocycles. The lowest BCUT2D eigenvalue weighted by atomic mass is 10.2. The van der Waals surface area contributed by atoms with Crippen LogP contribution in [0.25, 0.3) is 0 Å². The first kappa shape index (κ1) is 15.7. The average Bonchev–Trinajstić information content (AvgIpc) is 2.54. The number of hydrogen-bond donors (Lipinski definition) is 2. The summed E-state index contributed by atoms with van der Waals surface area (Å²) in [6, 6.07) is 13.5. The van der Waals surface area contributed by atoms with E-state index < -0.39 is 0 Å². The fourth-order valence-corrected chi connectivity index (χ4v) is 2.48. The van der Waals surface area contributed by atoms with Gasteiger partial charge in [-0.1, -0.05) is 29.8 Å². The maximum atomic E-state index is 6.12. The number of benzene rings is 2. The third kappa shape index (κ3) is 3.97. The van der Waals surface area contributed by atoms with Crippen LogP contribution in [0.4, 0.5) is 23.1 Å². The van der Waals surface area contributed by atoms with Gasteiger partial charge in [0, 0.05) is 15.2 Å². The molecule has 0 saturated carbocycles. The average molecular weight is 391 g/mol. The quantitative estimate of drug-likeness (QED) is 0.650. The maximum Gasteiger partial charge on any atom is 0.249 e. The number of hydrogen-bond acceptors (Lipinski definition) is 5. The Kier molecular flexibility index (Phi) is 4.73. The highest BCUT2D eigenvalue weighted by atomic mass is 79.9. The molecule has 0 amide bonds. The molecule has 0 bridgehead atoms. The van der Waals surface area contributed by atoms with E-state index in [1.54, 1.807) is 6.20 Å². The van der Waals surface area contributed by atoms with E-state index in [2.05, 4.69) is 41.7 Å². The number of halogens is 2. The fraction of sp³-hybridized carbons (Fsp3) is 0.0625. The van der Waals surface area contributed by atoms with E-state index in [4.69, 9.17) is 11.6 Å². The van der Waals surface area contributed by atoms with Crippen LogP contribution in [0.3, 0.4) is 0 Å².